The van der Waals surface area contributed by atoms with Gasteiger partial charge in [0.2, 0.25) is 5.91 Å². The molecule has 46 heavy (non-hydrogen) atoms. The van der Waals surface area contributed by atoms with E-state index in [-0.39, 0.29) is 5.91 Å². The van der Waals surface area contributed by atoms with Gasteiger partial charge in [-0.05, 0) is 12.8 Å². The normalized spacial score (nSPS) is 12.0. The maximum absolute atomic E-state index is 12.3. The Morgan fingerprint density at radius 3 is 1.04 bits per heavy atom. The third kappa shape index (κ3) is 34.2. The van der Waals surface area contributed by atoms with Crippen molar-refractivity contribution in [3.63, 3.8) is 0 Å². The second kappa shape index (κ2) is 38.3. The number of nitrogens with one attached hydrogen (secondary N) is 1. The van der Waals surface area contributed by atoms with Gasteiger partial charge in [-0.3, -0.25) is 4.79 Å². The summed E-state index contributed by atoms with van der Waals surface area (Å²) >= 11 is 0. The van der Waals surface area contributed by atoms with Crippen molar-refractivity contribution in [3.05, 3.63) is 0 Å². The molecule has 5 heteroatoms. The SMILES string of the molecule is CCCCCCCCCCCCCCCCCCCCCC(=O)N[C@@H](CO)C(=O)OCCCCCCCCCCCCCCCC. The Morgan fingerprint density at radius 2 is 0.739 bits per heavy atom. The minimum Gasteiger partial charge on any atom is -0.464 e. The van der Waals surface area contributed by atoms with Crippen LogP contribution < -0.4 is 5.32 Å². The Morgan fingerprint density at radius 1 is 0.457 bits per heavy atom. The van der Waals surface area contributed by atoms with Gasteiger partial charge < -0.3 is 15.2 Å². The van der Waals surface area contributed by atoms with Crippen LogP contribution in [0, 0.1) is 0 Å². The molecule has 2 N–H and O–H groups in total. The summed E-state index contributed by atoms with van der Waals surface area (Å²) in [5.74, 6) is -0.682. The molecule has 0 rings (SSSR count). The molecule has 0 radical (unpaired) electrons. The van der Waals surface area contributed by atoms with Crippen LogP contribution in [0.5, 0.6) is 0 Å². The standard InChI is InChI=1S/C41H81NO4/c1-3-5-7-9-11-13-15-17-19-20-21-22-23-24-26-28-30-32-34-36-40(44)42-39(38-43)41(45)46-37-35-33-31-29-27-25-18-16-14-12-10-8-6-4-2/h39,43H,3-38H2,1-2H3,(H,42,44)/t39-/m0/s1. The second-order valence-corrected chi connectivity index (χ2v) is 14.2. The smallest absolute Gasteiger partial charge is 0.331 e. The third-order valence-corrected chi connectivity index (χ3v) is 9.55. The number of amides is 1. The molecule has 0 fully saturated rings. The average Bonchev–Trinajstić information content (AvgIpc) is 3.06. The predicted octanol–water partition coefficient (Wildman–Crippen LogP) is 12.3. The number of aliphatic hydroxyl groups is 1. The fourth-order valence-corrected chi connectivity index (χ4v) is 6.38. The molecule has 0 saturated carbocycles. The van der Waals surface area contributed by atoms with Crippen molar-refractivity contribution in [1.29, 1.82) is 0 Å². The van der Waals surface area contributed by atoms with Gasteiger partial charge in [0, 0.05) is 6.42 Å². The molecule has 0 unspecified atom stereocenters. The molecule has 0 aliphatic rings. The molecule has 0 heterocycles. The molecule has 0 aliphatic heterocycles. The zero-order chi connectivity index (χ0) is 33.6. The molecular formula is C41H81NO4. The van der Waals surface area contributed by atoms with E-state index < -0.39 is 18.6 Å². The molecule has 1 atom stereocenters. The van der Waals surface area contributed by atoms with E-state index in [2.05, 4.69) is 19.2 Å². The number of hydrogen-bond acceptors (Lipinski definition) is 4. The number of rotatable bonds is 38. The summed E-state index contributed by atoms with van der Waals surface area (Å²) in [4.78, 5) is 24.6. The van der Waals surface area contributed by atoms with Crippen LogP contribution in [-0.4, -0.2) is 36.2 Å². The summed E-state index contributed by atoms with van der Waals surface area (Å²) in [5.41, 5.74) is 0. The van der Waals surface area contributed by atoms with Crippen molar-refractivity contribution in [3.8, 4) is 0 Å². The van der Waals surface area contributed by atoms with Crippen molar-refractivity contribution >= 4 is 11.9 Å². The molecule has 274 valence electrons. The number of unbranched alkanes of at least 4 members (excludes halogenated alkanes) is 31. The van der Waals surface area contributed by atoms with Gasteiger partial charge >= 0.3 is 5.97 Å². The molecule has 1 amide bonds. The molecular weight excluding hydrogens is 570 g/mol. The lowest BCUT2D eigenvalue weighted by Gasteiger charge is -2.15. The highest BCUT2D eigenvalue weighted by Crippen LogP contribution is 2.16. The van der Waals surface area contributed by atoms with E-state index in [0.29, 0.717) is 13.0 Å². The monoisotopic (exact) mass is 652 g/mol. The van der Waals surface area contributed by atoms with Crippen LogP contribution >= 0.6 is 0 Å². The number of esters is 1. The van der Waals surface area contributed by atoms with Crippen LogP contribution in [0.1, 0.15) is 232 Å². The highest BCUT2D eigenvalue weighted by molar-refractivity contribution is 5.84. The maximum atomic E-state index is 12.3. The van der Waals surface area contributed by atoms with E-state index in [9.17, 15) is 14.7 Å². The highest BCUT2D eigenvalue weighted by Gasteiger charge is 2.21. The van der Waals surface area contributed by atoms with Crippen molar-refractivity contribution in [1.82, 2.24) is 5.32 Å². The zero-order valence-electron chi connectivity index (χ0n) is 31.2. The quantitative estimate of drug-likeness (QED) is 0.0514. The van der Waals surface area contributed by atoms with Gasteiger partial charge in [0.25, 0.3) is 0 Å². The first kappa shape index (κ1) is 44.9. The fourth-order valence-electron chi connectivity index (χ4n) is 6.38. The Bertz CT molecular complexity index is 626. The van der Waals surface area contributed by atoms with Gasteiger partial charge in [-0.2, -0.15) is 0 Å². The molecule has 0 aromatic rings. The first-order valence-electron chi connectivity index (χ1n) is 20.7. The molecule has 0 aromatic heterocycles. The van der Waals surface area contributed by atoms with E-state index in [4.69, 9.17) is 4.74 Å². The summed E-state index contributed by atoms with van der Waals surface area (Å²) < 4.78 is 5.33. The minimum absolute atomic E-state index is 0.167. The minimum atomic E-state index is -0.945. The second-order valence-electron chi connectivity index (χ2n) is 14.2. The Labute approximate surface area is 287 Å². The Balaban J connectivity index is 3.48. The van der Waals surface area contributed by atoms with Gasteiger partial charge in [-0.1, -0.05) is 213 Å². The number of carbonyl (C=O) groups is 2. The largest absolute Gasteiger partial charge is 0.464 e. The highest BCUT2D eigenvalue weighted by atomic mass is 16.5. The van der Waals surface area contributed by atoms with Crippen molar-refractivity contribution in [2.75, 3.05) is 13.2 Å². The zero-order valence-corrected chi connectivity index (χ0v) is 31.2. The van der Waals surface area contributed by atoms with Crippen molar-refractivity contribution in [2.45, 2.75) is 238 Å². The number of ether oxygens (including phenoxy) is 1. The van der Waals surface area contributed by atoms with Crippen LogP contribution in [0.25, 0.3) is 0 Å². The van der Waals surface area contributed by atoms with Gasteiger partial charge in [0.05, 0.1) is 13.2 Å². The first-order chi connectivity index (χ1) is 22.7. The number of hydrogen-bond donors (Lipinski definition) is 2. The average molecular weight is 652 g/mol. The van der Waals surface area contributed by atoms with Crippen LogP contribution in [-0.2, 0) is 14.3 Å². The molecule has 0 spiro atoms. The third-order valence-electron chi connectivity index (χ3n) is 9.55. The Hall–Kier alpha value is -1.10. The van der Waals surface area contributed by atoms with Gasteiger partial charge in [0.1, 0.15) is 0 Å². The number of carbonyl (C=O) groups excluding carboxylic acids is 2. The van der Waals surface area contributed by atoms with Gasteiger partial charge in [-0.25, -0.2) is 4.79 Å². The van der Waals surface area contributed by atoms with Gasteiger partial charge in [-0.15, -0.1) is 0 Å². The molecule has 5 nitrogen and oxygen atoms in total. The lowest BCUT2D eigenvalue weighted by Crippen LogP contribution is -2.44. The van der Waals surface area contributed by atoms with Crippen LogP contribution in [0.2, 0.25) is 0 Å². The first-order valence-corrected chi connectivity index (χ1v) is 20.7. The summed E-state index contributed by atoms with van der Waals surface area (Å²) in [6.45, 7) is 4.50. The lowest BCUT2D eigenvalue weighted by molar-refractivity contribution is -0.149. The molecule has 0 saturated heterocycles. The lowest BCUT2D eigenvalue weighted by atomic mass is 10.0. The van der Waals surface area contributed by atoms with Gasteiger partial charge in [0.15, 0.2) is 6.04 Å². The van der Waals surface area contributed by atoms with Crippen LogP contribution in [0.3, 0.4) is 0 Å². The van der Waals surface area contributed by atoms with Crippen molar-refractivity contribution < 1.29 is 19.4 Å². The fraction of sp³-hybridized carbons (Fsp3) is 0.951. The van der Waals surface area contributed by atoms with Crippen molar-refractivity contribution in [2.24, 2.45) is 0 Å². The molecule has 0 aromatic carbocycles. The van der Waals surface area contributed by atoms with E-state index in [0.717, 1.165) is 32.1 Å². The maximum Gasteiger partial charge on any atom is 0.331 e. The summed E-state index contributed by atoms with van der Waals surface area (Å²) in [5, 5.41) is 12.3. The van der Waals surface area contributed by atoms with E-state index in [1.165, 1.54) is 180 Å². The number of aliphatic hydroxyl groups excluding tert-OH is 1. The predicted molar refractivity (Wildman–Crippen MR) is 198 cm³/mol. The van der Waals surface area contributed by atoms with E-state index >= 15 is 0 Å². The van der Waals surface area contributed by atoms with Crippen LogP contribution in [0.4, 0.5) is 0 Å². The van der Waals surface area contributed by atoms with E-state index in [1.807, 2.05) is 0 Å². The van der Waals surface area contributed by atoms with Crippen LogP contribution in [0.15, 0.2) is 0 Å². The Kier molecular flexibility index (Phi) is 37.4. The summed E-state index contributed by atoms with van der Waals surface area (Å²) in [6.07, 6.45) is 43.6. The summed E-state index contributed by atoms with van der Waals surface area (Å²) in [7, 11) is 0. The molecule has 0 bridgehead atoms. The summed E-state index contributed by atoms with van der Waals surface area (Å²) in [6, 6.07) is -0.945. The molecule has 0 aliphatic carbocycles. The van der Waals surface area contributed by atoms with E-state index in [1.54, 1.807) is 0 Å². The topological polar surface area (TPSA) is 75.6 Å².